The van der Waals surface area contributed by atoms with Gasteiger partial charge in [-0.05, 0) is 81.1 Å². The lowest BCUT2D eigenvalue weighted by atomic mass is 9.53. The van der Waals surface area contributed by atoms with E-state index in [4.69, 9.17) is 14.2 Å². The molecule has 1 heterocycles. The van der Waals surface area contributed by atoms with Gasteiger partial charge in [-0.25, -0.2) is 0 Å². The van der Waals surface area contributed by atoms with Gasteiger partial charge in [0.1, 0.15) is 6.10 Å². The fourth-order valence-electron chi connectivity index (χ4n) is 7.23. The fraction of sp³-hybridized carbons (Fsp3) is 0.818. The van der Waals surface area contributed by atoms with Crippen LogP contribution in [0.15, 0.2) is 24.0 Å². The number of fused-ring (bicyclic) bond motifs is 3. The van der Waals surface area contributed by atoms with E-state index in [0.717, 1.165) is 37.6 Å². The molecule has 5 aliphatic rings. The molecule has 5 rings (SSSR count). The number of allylic oxidation sites excluding steroid dienone is 1. The van der Waals surface area contributed by atoms with Crippen LogP contribution in [-0.2, 0) is 14.2 Å². The molecule has 0 N–H and O–H groups in total. The summed E-state index contributed by atoms with van der Waals surface area (Å²) >= 11 is 0. The molecule has 0 aromatic carbocycles. The Labute approximate surface area is 151 Å². The van der Waals surface area contributed by atoms with E-state index in [9.17, 15) is 0 Å². The lowest BCUT2D eigenvalue weighted by Gasteiger charge is -2.53. The van der Waals surface area contributed by atoms with Crippen molar-refractivity contribution in [2.24, 2.45) is 23.2 Å². The first-order valence-electron chi connectivity index (χ1n) is 10.5. The van der Waals surface area contributed by atoms with Gasteiger partial charge in [0.25, 0.3) is 0 Å². The van der Waals surface area contributed by atoms with Crippen LogP contribution in [0.3, 0.4) is 0 Å². The van der Waals surface area contributed by atoms with Crippen molar-refractivity contribution in [2.45, 2.75) is 70.0 Å². The standard InChI is InChI=1S/C22H32O3/c1-2-24-20-13-18-16(15-5-3-4-6-17(15)20)9-10-22-14-23-11-12-25-21(22)8-7-19(18)22/h2,16,18-21H,1,3-14H2/t16-,18-,19+,20-,21?,22-/m1/s1. The zero-order valence-corrected chi connectivity index (χ0v) is 15.4. The third kappa shape index (κ3) is 2.45. The summed E-state index contributed by atoms with van der Waals surface area (Å²) in [6.45, 7) is 6.33. The predicted octanol–water partition coefficient (Wildman–Crippen LogP) is 4.63. The monoisotopic (exact) mass is 344 g/mol. The normalized spacial score (nSPS) is 46.3. The van der Waals surface area contributed by atoms with Gasteiger partial charge >= 0.3 is 0 Å². The van der Waals surface area contributed by atoms with E-state index in [2.05, 4.69) is 6.58 Å². The molecule has 138 valence electrons. The molecule has 3 nitrogen and oxygen atoms in total. The molecule has 1 aliphatic heterocycles. The lowest BCUT2D eigenvalue weighted by Crippen LogP contribution is -2.51. The number of hydrogen-bond donors (Lipinski definition) is 0. The predicted molar refractivity (Wildman–Crippen MR) is 97.1 cm³/mol. The van der Waals surface area contributed by atoms with Gasteiger partial charge in [0, 0.05) is 5.41 Å². The molecule has 1 spiro atoms. The molecule has 0 bridgehead atoms. The Hall–Kier alpha value is -0.800. The molecular formula is C22H32O3. The van der Waals surface area contributed by atoms with Crippen molar-refractivity contribution in [1.82, 2.24) is 0 Å². The first-order valence-corrected chi connectivity index (χ1v) is 10.5. The summed E-state index contributed by atoms with van der Waals surface area (Å²) in [5.41, 5.74) is 3.71. The first-order chi connectivity index (χ1) is 12.3. The van der Waals surface area contributed by atoms with Crippen molar-refractivity contribution in [3.8, 4) is 0 Å². The summed E-state index contributed by atoms with van der Waals surface area (Å²) in [5.74, 6) is 2.31. The van der Waals surface area contributed by atoms with Crippen molar-refractivity contribution in [3.05, 3.63) is 24.0 Å². The lowest BCUT2D eigenvalue weighted by molar-refractivity contribution is -0.0862. The van der Waals surface area contributed by atoms with Crippen LogP contribution in [0, 0.1) is 23.2 Å². The molecule has 0 radical (unpaired) electrons. The van der Waals surface area contributed by atoms with E-state index in [0.29, 0.717) is 6.10 Å². The Morgan fingerprint density at radius 2 is 1.96 bits per heavy atom. The molecular weight excluding hydrogens is 312 g/mol. The molecule has 0 aromatic heterocycles. The summed E-state index contributed by atoms with van der Waals surface area (Å²) in [5, 5.41) is 0. The summed E-state index contributed by atoms with van der Waals surface area (Å²) in [4.78, 5) is 0. The average molecular weight is 344 g/mol. The number of hydrogen-bond acceptors (Lipinski definition) is 3. The summed E-state index contributed by atoms with van der Waals surface area (Å²) in [6.07, 6.45) is 14.0. The van der Waals surface area contributed by atoms with Gasteiger partial charge in [-0.3, -0.25) is 0 Å². The minimum atomic E-state index is 0.281. The molecule has 1 unspecified atom stereocenters. The third-order valence-corrected chi connectivity index (χ3v) is 8.13. The summed E-state index contributed by atoms with van der Waals surface area (Å²) in [6, 6.07) is 0. The average Bonchev–Trinajstić information content (AvgIpc) is 2.89. The largest absolute Gasteiger partial charge is 0.494 e. The van der Waals surface area contributed by atoms with Crippen LogP contribution in [0.25, 0.3) is 0 Å². The van der Waals surface area contributed by atoms with Gasteiger partial charge in [-0.2, -0.15) is 0 Å². The molecule has 25 heavy (non-hydrogen) atoms. The summed E-state index contributed by atoms with van der Waals surface area (Å²) in [7, 11) is 0. The Morgan fingerprint density at radius 1 is 1.08 bits per heavy atom. The maximum Gasteiger partial charge on any atom is 0.119 e. The molecule has 3 heteroatoms. The number of ether oxygens (including phenoxy) is 3. The van der Waals surface area contributed by atoms with Crippen LogP contribution in [-0.4, -0.2) is 32.0 Å². The second kappa shape index (κ2) is 6.42. The van der Waals surface area contributed by atoms with Crippen molar-refractivity contribution < 1.29 is 14.2 Å². The van der Waals surface area contributed by atoms with Crippen molar-refractivity contribution in [1.29, 1.82) is 0 Å². The molecule has 0 amide bonds. The molecule has 6 atom stereocenters. The van der Waals surface area contributed by atoms with E-state index in [1.165, 1.54) is 57.8 Å². The quantitative estimate of drug-likeness (QED) is 0.540. The highest BCUT2D eigenvalue weighted by atomic mass is 16.5. The maximum absolute atomic E-state index is 6.26. The van der Waals surface area contributed by atoms with Gasteiger partial charge in [0.15, 0.2) is 0 Å². The van der Waals surface area contributed by atoms with Crippen molar-refractivity contribution in [2.75, 3.05) is 19.8 Å². The highest BCUT2D eigenvalue weighted by Gasteiger charge is 2.59. The zero-order chi connectivity index (χ0) is 16.9. The smallest absolute Gasteiger partial charge is 0.119 e. The summed E-state index contributed by atoms with van der Waals surface area (Å²) < 4.78 is 18.4. The van der Waals surface area contributed by atoms with Gasteiger partial charge in [0.05, 0.1) is 32.2 Å². The Bertz CT molecular complexity index is 568. The van der Waals surface area contributed by atoms with E-state index >= 15 is 0 Å². The van der Waals surface area contributed by atoms with Crippen molar-refractivity contribution >= 4 is 0 Å². The first kappa shape index (κ1) is 16.4. The molecule has 4 aliphatic carbocycles. The van der Waals surface area contributed by atoms with E-state index in [1.54, 1.807) is 17.4 Å². The van der Waals surface area contributed by atoms with Crippen LogP contribution >= 0.6 is 0 Å². The van der Waals surface area contributed by atoms with E-state index in [-0.39, 0.29) is 11.5 Å². The SMILES string of the molecule is C=CO[C@@H]1C[C@@H]2[C@H](CC[C@]34COCCOC3CC[C@@H]24)C2=C1CCCC2. The van der Waals surface area contributed by atoms with Crippen LogP contribution < -0.4 is 0 Å². The molecule has 0 aromatic rings. The second-order valence-corrected chi connectivity index (χ2v) is 8.92. The van der Waals surface area contributed by atoms with Crippen LogP contribution in [0.5, 0.6) is 0 Å². The minimum Gasteiger partial charge on any atom is -0.494 e. The van der Waals surface area contributed by atoms with Crippen LogP contribution in [0.1, 0.15) is 57.8 Å². The van der Waals surface area contributed by atoms with Gasteiger partial charge in [-0.1, -0.05) is 12.2 Å². The zero-order valence-electron chi connectivity index (χ0n) is 15.4. The molecule has 2 saturated carbocycles. The topological polar surface area (TPSA) is 27.7 Å². The number of rotatable bonds is 2. The van der Waals surface area contributed by atoms with Crippen molar-refractivity contribution in [3.63, 3.8) is 0 Å². The maximum atomic E-state index is 6.26. The van der Waals surface area contributed by atoms with E-state index in [1.807, 2.05) is 0 Å². The highest BCUT2D eigenvalue weighted by Crippen LogP contribution is 2.62. The molecule has 3 fully saturated rings. The van der Waals surface area contributed by atoms with Gasteiger partial charge in [0.2, 0.25) is 0 Å². The van der Waals surface area contributed by atoms with Gasteiger partial charge < -0.3 is 14.2 Å². The molecule has 1 saturated heterocycles. The van der Waals surface area contributed by atoms with Crippen LogP contribution in [0.4, 0.5) is 0 Å². The van der Waals surface area contributed by atoms with Crippen LogP contribution in [0.2, 0.25) is 0 Å². The van der Waals surface area contributed by atoms with Gasteiger partial charge in [-0.15, -0.1) is 0 Å². The van der Waals surface area contributed by atoms with E-state index < -0.39 is 0 Å². The minimum absolute atomic E-state index is 0.281. The third-order valence-electron chi connectivity index (χ3n) is 8.13. The Balaban J connectivity index is 1.50. The highest BCUT2D eigenvalue weighted by molar-refractivity contribution is 5.30. The fourth-order valence-corrected chi connectivity index (χ4v) is 7.23. The Morgan fingerprint density at radius 3 is 2.84 bits per heavy atom. The second-order valence-electron chi connectivity index (χ2n) is 8.92. The Kier molecular flexibility index (Phi) is 4.21.